The molecule has 56 valence electrons. The molecule has 2 amide bonds. The van der Waals surface area contributed by atoms with Crippen molar-refractivity contribution in [2.75, 3.05) is 12.4 Å². The van der Waals surface area contributed by atoms with Crippen molar-refractivity contribution in [3.8, 4) is 0 Å². The molecule has 10 heavy (non-hydrogen) atoms. The molecule has 1 saturated heterocycles. The second-order valence-electron chi connectivity index (χ2n) is 1.96. The van der Waals surface area contributed by atoms with Crippen LogP contribution in [0.25, 0.3) is 0 Å². The summed E-state index contributed by atoms with van der Waals surface area (Å²) >= 11 is 5.41. The van der Waals surface area contributed by atoms with E-state index < -0.39 is 6.03 Å². The molecular weight excluding hydrogens is 158 g/mol. The molecule has 0 saturated carbocycles. The number of hydrogen-bond donors (Lipinski definition) is 1. The lowest BCUT2D eigenvalue weighted by molar-refractivity contribution is 0.218. The average Bonchev–Trinajstić information content (AvgIpc) is 2.30. The van der Waals surface area contributed by atoms with Crippen LogP contribution in [-0.4, -0.2) is 29.5 Å². The first-order valence-corrected chi connectivity index (χ1v) is 3.28. The summed E-state index contributed by atoms with van der Waals surface area (Å²) in [7, 11) is 0. The first kappa shape index (κ1) is 7.27. The summed E-state index contributed by atoms with van der Waals surface area (Å²) in [5.41, 5.74) is 0. The van der Waals surface area contributed by atoms with Crippen LogP contribution in [0, 0.1) is 4.91 Å². The highest BCUT2D eigenvalue weighted by Crippen LogP contribution is 2.04. The smallest absolute Gasteiger partial charge is 0.331 e. The zero-order valence-corrected chi connectivity index (χ0v) is 5.84. The van der Waals surface area contributed by atoms with Crippen molar-refractivity contribution in [2.24, 2.45) is 5.29 Å². The number of carbonyl (C=O) groups excluding carboxylic acids is 1. The molecular formula is C4H6ClN3O2. The van der Waals surface area contributed by atoms with E-state index in [1.807, 2.05) is 0 Å². The molecule has 0 bridgehead atoms. The van der Waals surface area contributed by atoms with Crippen LogP contribution >= 0.6 is 11.6 Å². The summed E-state index contributed by atoms with van der Waals surface area (Å²) in [6.45, 7) is 0.270. The highest BCUT2D eigenvalue weighted by molar-refractivity contribution is 6.18. The monoisotopic (exact) mass is 163 g/mol. The lowest BCUT2D eigenvalue weighted by Gasteiger charge is -1.99. The Morgan fingerprint density at radius 2 is 2.60 bits per heavy atom. The van der Waals surface area contributed by atoms with Crippen molar-refractivity contribution in [3.05, 3.63) is 4.91 Å². The molecule has 0 aromatic heterocycles. The first-order valence-electron chi connectivity index (χ1n) is 2.75. The fraction of sp³-hybridized carbons (Fsp3) is 0.750. The van der Waals surface area contributed by atoms with Gasteiger partial charge in [-0.25, -0.2) is 4.79 Å². The van der Waals surface area contributed by atoms with Gasteiger partial charge in [-0.3, -0.25) is 0 Å². The molecule has 1 rings (SSSR count). The minimum Gasteiger partial charge on any atom is -0.331 e. The Morgan fingerprint density at radius 1 is 1.90 bits per heavy atom. The Balaban J connectivity index is 2.52. The molecule has 1 heterocycles. The van der Waals surface area contributed by atoms with Gasteiger partial charge in [0.2, 0.25) is 0 Å². The van der Waals surface area contributed by atoms with Crippen LogP contribution in [0.2, 0.25) is 0 Å². The second kappa shape index (κ2) is 2.83. The van der Waals surface area contributed by atoms with Gasteiger partial charge in [-0.1, -0.05) is 0 Å². The van der Waals surface area contributed by atoms with Crippen molar-refractivity contribution >= 4 is 17.6 Å². The topological polar surface area (TPSA) is 61.8 Å². The van der Waals surface area contributed by atoms with E-state index in [4.69, 9.17) is 11.6 Å². The molecule has 0 aromatic rings. The summed E-state index contributed by atoms with van der Waals surface area (Å²) in [5.74, 6) is 0.303. The molecule has 0 radical (unpaired) electrons. The van der Waals surface area contributed by atoms with Gasteiger partial charge in [-0.2, -0.15) is 5.01 Å². The van der Waals surface area contributed by atoms with Crippen LogP contribution in [-0.2, 0) is 0 Å². The molecule has 1 aliphatic rings. The predicted molar refractivity (Wildman–Crippen MR) is 35.5 cm³/mol. The van der Waals surface area contributed by atoms with Gasteiger partial charge in [0.1, 0.15) is 0 Å². The van der Waals surface area contributed by atoms with Gasteiger partial charge in [0.25, 0.3) is 0 Å². The van der Waals surface area contributed by atoms with Gasteiger partial charge < -0.3 is 5.32 Å². The lowest BCUT2D eigenvalue weighted by Crippen LogP contribution is -2.27. The largest absolute Gasteiger partial charge is 0.340 e. The third-order valence-corrected chi connectivity index (χ3v) is 1.61. The van der Waals surface area contributed by atoms with E-state index in [1.54, 1.807) is 0 Å². The van der Waals surface area contributed by atoms with Crippen LogP contribution in [0.15, 0.2) is 5.29 Å². The molecule has 0 aromatic carbocycles. The first-order chi connectivity index (χ1) is 4.77. The van der Waals surface area contributed by atoms with Gasteiger partial charge >= 0.3 is 6.03 Å². The highest BCUT2D eigenvalue weighted by atomic mass is 35.5. The van der Waals surface area contributed by atoms with E-state index in [1.165, 1.54) is 0 Å². The zero-order valence-electron chi connectivity index (χ0n) is 5.08. The summed E-state index contributed by atoms with van der Waals surface area (Å²) in [5, 5.41) is 5.76. The number of halogens is 1. The predicted octanol–water partition coefficient (Wildman–Crippen LogP) is 0.300. The Kier molecular flexibility index (Phi) is 2.06. The molecule has 1 fully saturated rings. The number of hydrogen-bond acceptors (Lipinski definition) is 3. The number of nitrogens with zero attached hydrogens (tertiary/aromatic N) is 2. The quantitative estimate of drug-likeness (QED) is 0.470. The molecule has 6 heteroatoms. The SMILES string of the molecule is O=NN1CC(CCl)NC1=O. The van der Waals surface area contributed by atoms with Crippen LogP contribution in [0.5, 0.6) is 0 Å². The second-order valence-corrected chi connectivity index (χ2v) is 2.27. The summed E-state index contributed by atoms with van der Waals surface area (Å²) < 4.78 is 0. The van der Waals surface area contributed by atoms with Crippen molar-refractivity contribution < 1.29 is 4.79 Å². The number of urea groups is 1. The van der Waals surface area contributed by atoms with E-state index in [0.29, 0.717) is 5.88 Å². The Bertz CT molecular complexity index is 163. The van der Waals surface area contributed by atoms with Crippen molar-refractivity contribution in [3.63, 3.8) is 0 Å². The Hall–Kier alpha value is -0.840. The molecule has 0 spiro atoms. The number of nitrogens with one attached hydrogen (secondary N) is 1. The van der Waals surface area contributed by atoms with Crippen molar-refractivity contribution in [1.82, 2.24) is 10.3 Å². The normalized spacial score (nSPS) is 24.7. The number of rotatable bonds is 2. The van der Waals surface area contributed by atoms with Gasteiger partial charge in [0.15, 0.2) is 0 Å². The van der Waals surface area contributed by atoms with Gasteiger partial charge in [0.05, 0.1) is 17.9 Å². The Morgan fingerprint density at radius 3 is 2.90 bits per heavy atom. The fourth-order valence-corrected chi connectivity index (χ4v) is 0.919. The zero-order chi connectivity index (χ0) is 7.56. The minimum atomic E-state index is -0.472. The minimum absolute atomic E-state index is 0.146. The summed E-state index contributed by atoms with van der Waals surface area (Å²) in [6, 6.07) is -0.618. The van der Waals surface area contributed by atoms with E-state index in [-0.39, 0.29) is 12.6 Å². The van der Waals surface area contributed by atoms with Gasteiger partial charge in [-0.05, 0) is 0 Å². The number of alkyl halides is 1. The van der Waals surface area contributed by atoms with Gasteiger partial charge in [-0.15, -0.1) is 16.5 Å². The number of nitroso groups, excluding NO2 is 1. The number of amides is 2. The van der Waals surface area contributed by atoms with Crippen molar-refractivity contribution in [1.29, 1.82) is 0 Å². The summed E-state index contributed by atoms with van der Waals surface area (Å²) in [6.07, 6.45) is 0. The maximum absolute atomic E-state index is 10.6. The lowest BCUT2D eigenvalue weighted by atomic mass is 10.4. The molecule has 1 atom stereocenters. The van der Waals surface area contributed by atoms with Crippen LogP contribution < -0.4 is 5.32 Å². The van der Waals surface area contributed by atoms with E-state index >= 15 is 0 Å². The fourth-order valence-electron chi connectivity index (χ4n) is 0.744. The third kappa shape index (κ3) is 1.18. The van der Waals surface area contributed by atoms with Gasteiger partial charge in [0, 0.05) is 5.88 Å². The molecule has 1 aliphatic heterocycles. The Labute approximate surface area is 62.3 Å². The molecule has 1 unspecified atom stereocenters. The van der Waals surface area contributed by atoms with E-state index in [2.05, 4.69) is 10.6 Å². The highest BCUT2D eigenvalue weighted by Gasteiger charge is 2.28. The van der Waals surface area contributed by atoms with Crippen LogP contribution in [0.1, 0.15) is 0 Å². The van der Waals surface area contributed by atoms with E-state index in [0.717, 1.165) is 5.01 Å². The molecule has 0 aliphatic carbocycles. The van der Waals surface area contributed by atoms with E-state index in [9.17, 15) is 9.70 Å². The third-order valence-electron chi connectivity index (χ3n) is 1.24. The van der Waals surface area contributed by atoms with Crippen LogP contribution in [0.4, 0.5) is 4.79 Å². The number of carbonyl (C=O) groups is 1. The van der Waals surface area contributed by atoms with Crippen LogP contribution in [0.3, 0.4) is 0 Å². The van der Waals surface area contributed by atoms with Crippen molar-refractivity contribution in [2.45, 2.75) is 6.04 Å². The standard InChI is InChI=1S/C4H6ClN3O2/c5-1-3-2-8(7-10)4(9)6-3/h3H,1-2H2,(H,6,9). The molecule has 5 nitrogen and oxygen atoms in total. The summed E-state index contributed by atoms with van der Waals surface area (Å²) in [4.78, 5) is 20.5. The maximum atomic E-state index is 10.6. The average molecular weight is 164 g/mol. The maximum Gasteiger partial charge on any atom is 0.340 e. The molecule has 1 N–H and O–H groups in total.